The normalized spacial score (nSPS) is 24.5. The van der Waals surface area contributed by atoms with E-state index in [9.17, 15) is 19.2 Å². The Balaban J connectivity index is 2.13. The molecule has 24 heavy (non-hydrogen) atoms. The van der Waals surface area contributed by atoms with E-state index < -0.39 is 34.4 Å². The lowest BCUT2D eigenvalue weighted by Gasteiger charge is -2.24. The molecule has 6 nitrogen and oxygen atoms in total. The first-order valence-corrected chi connectivity index (χ1v) is 8.23. The maximum absolute atomic E-state index is 12.2. The van der Waals surface area contributed by atoms with Gasteiger partial charge in [-0.3, -0.25) is 19.2 Å². The third-order valence-electron chi connectivity index (χ3n) is 4.25. The fourth-order valence-corrected chi connectivity index (χ4v) is 3.55. The summed E-state index contributed by atoms with van der Waals surface area (Å²) in [4.78, 5) is 50.7. The third kappa shape index (κ3) is 2.41. The van der Waals surface area contributed by atoms with Crippen LogP contribution in [0.15, 0.2) is 12.1 Å². The van der Waals surface area contributed by atoms with Gasteiger partial charge in [0.2, 0.25) is 11.8 Å². The zero-order valence-electron chi connectivity index (χ0n) is 13.0. The van der Waals surface area contributed by atoms with E-state index in [0.29, 0.717) is 22.5 Å². The van der Waals surface area contributed by atoms with Crippen molar-refractivity contribution < 1.29 is 19.2 Å². The maximum Gasteiger partial charge on any atom is 0.252 e. The molecule has 0 radical (unpaired) electrons. The van der Waals surface area contributed by atoms with Gasteiger partial charge in [-0.15, -0.1) is 23.2 Å². The molecule has 2 saturated heterocycles. The number of rotatable bonds is 2. The first-order chi connectivity index (χ1) is 11.2. The van der Waals surface area contributed by atoms with Crippen LogP contribution in [0.4, 0.5) is 11.4 Å². The van der Waals surface area contributed by atoms with Crippen molar-refractivity contribution in [1.29, 1.82) is 0 Å². The van der Waals surface area contributed by atoms with Crippen molar-refractivity contribution in [3.63, 3.8) is 0 Å². The second-order valence-corrected chi connectivity index (χ2v) is 6.91. The predicted molar refractivity (Wildman–Crippen MR) is 89.4 cm³/mol. The van der Waals surface area contributed by atoms with Crippen LogP contribution in [0, 0.1) is 13.8 Å². The van der Waals surface area contributed by atoms with E-state index in [0.717, 1.165) is 9.80 Å². The fourth-order valence-electron chi connectivity index (χ4n) is 3.09. The number of hydrogen-bond donors (Lipinski definition) is 0. The number of carbonyl (C=O) groups is 4. The van der Waals surface area contributed by atoms with E-state index in [1.165, 1.54) is 0 Å². The first-order valence-electron chi connectivity index (χ1n) is 7.36. The second kappa shape index (κ2) is 5.86. The van der Waals surface area contributed by atoms with Crippen molar-refractivity contribution in [3.05, 3.63) is 23.3 Å². The smallest absolute Gasteiger partial charge is 0.252 e. The quantitative estimate of drug-likeness (QED) is 0.591. The van der Waals surface area contributed by atoms with E-state index >= 15 is 0 Å². The minimum atomic E-state index is -0.901. The topological polar surface area (TPSA) is 74.8 Å². The SMILES string of the molecule is Cc1ccc(N2C(=O)CC(Cl)C2=O)c(C)c1N1C(=O)CC(Cl)C1=O. The minimum absolute atomic E-state index is 0.0746. The van der Waals surface area contributed by atoms with Crippen molar-refractivity contribution in [3.8, 4) is 0 Å². The van der Waals surface area contributed by atoms with Crippen LogP contribution in [0.5, 0.6) is 0 Å². The molecule has 3 rings (SSSR count). The summed E-state index contributed by atoms with van der Waals surface area (Å²) in [5.41, 5.74) is 1.84. The lowest BCUT2D eigenvalue weighted by Crippen LogP contribution is -2.34. The van der Waals surface area contributed by atoms with Crippen LogP contribution in [0.2, 0.25) is 0 Å². The Labute approximate surface area is 148 Å². The number of amides is 4. The van der Waals surface area contributed by atoms with Gasteiger partial charge < -0.3 is 0 Å². The number of halogens is 2. The number of alkyl halides is 2. The second-order valence-electron chi connectivity index (χ2n) is 5.85. The summed E-state index contributed by atoms with van der Waals surface area (Å²) in [6, 6.07) is 3.27. The first kappa shape index (κ1) is 16.9. The van der Waals surface area contributed by atoms with Crippen molar-refractivity contribution in [2.24, 2.45) is 0 Å². The molecule has 0 aliphatic carbocycles. The van der Waals surface area contributed by atoms with Gasteiger partial charge in [0.05, 0.1) is 24.2 Å². The molecule has 2 atom stereocenters. The molecular weight excluding hydrogens is 355 g/mol. The summed E-state index contributed by atoms with van der Waals surface area (Å²) >= 11 is 11.8. The van der Waals surface area contributed by atoms with Crippen LogP contribution >= 0.6 is 23.2 Å². The van der Waals surface area contributed by atoms with Gasteiger partial charge in [-0.05, 0) is 31.0 Å². The molecule has 4 amide bonds. The van der Waals surface area contributed by atoms with Gasteiger partial charge in [0.15, 0.2) is 0 Å². The predicted octanol–water partition coefficient (Wildman–Crippen LogP) is 2.04. The molecule has 0 aromatic heterocycles. The number of aryl methyl sites for hydroxylation is 1. The highest BCUT2D eigenvalue weighted by molar-refractivity contribution is 6.42. The Morgan fingerprint density at radius 1 is 0.875 bits per heavy atom. The molecule has 8 heteroatoms. The molecule has 0 N–H and O–H groups in total. The summed E-state index contributed by atoms with van der Waals surface area (Å²) in [6.45, 7) is 3.40. The lowest BCUT2D eigenvalue weighted by molar-refractivity contribution is -0.122. The standard InChI is InChI=1S/C16H14Cl2N2O4/c1-7-3-4-11(19-12(21)5-9(17)15(19)23)8(2)14(7)20-13(22)6-10(18)16(20)24/h3-4,9-10H,5-6H2,1-2H3. The Kier molecular flexibility index (Phi) is 4.13. The van der Waals surface area contributed by atoms with Gasteiger partial charge >= 0.3 is 0 Å². The fraction of sp³-hybridized carbons (Fsp3) is 0.375. The molecular formula is C16H14Cl2N2O4. The molecule has 126 valence electrons. The molecule has 1 aromatic rings. The van der Waals surface area contributed by atoms with Gasteiger partial charge in [-0.25, -0.2) is 9.80 Å². The van der Waals surface area contributed by atoms with E-state index in [4.69, 9.17) is 23.2 Å². The Bertz CT molecular complexity index is 793. The molecule has 2 aliphatic rings. The van der Waals surface area contributed by atoms with Crippen molar-refractivity contribution in [1.82, 2.24) is 0 Å². The van der Waals surface area contributed by atoms with Crippen molar-refractivity contribution >= 4 is 58.2 Å². The Morgan fingerprint density at radius 2 is 1.38 bits per heavy atom. The summed E-state index contributed by atoms with van der Waals surface area (Å²) in [5, 5.41) is -1.80. The van der Waals surface area contributed by atoms with E-state index in [1.54, 1.807) is 26.0 Å². The summed E-state index contributed by atoms with van der Waals surface area (Å²) in [5.74, 6) is -1.82. The summed E-state index contributed by atoms with van der Waals surface area (Å²) < 4.78 is 0. The highest BCUT2D eigenvalue weighted by Crippen LogP contribution is 2.38. The highest BCUT2D eigenvalue weighted by atomic mass is 35.5. The number of hydrogen-bond acceptors (Lipinski definition) is 4. The van der Waals surface area contributed by atoms with Crippen LogP contribution in [0.25, 0.3) is 0 Å². The number of benzene rings is 1. The van der Waals surface area contributed by atoms with E-state index in [1.807, 2.05) is 0 Å². The number of nitrogens with zero attached hydrogens (tertiary/aromatic N) is 2. The van der Waals surface area contributed by atoms with Crippen LogP contribution < -0.4 is 9.80 Å². The minimum Gasteiger partial charge on any atom is -0.274 e. The summed E-state index contributed by atoms with van der Waals surface area (Å²) in [6.07, 6.45) is -0.150. The Hall–Kier alpha value is -1.92. The molecule has 0 bridgehead atoms. The zero-order chi connectivity index (χ0) is 17.8. The van der Waals surface area contributed by atoms with E-state index in [-0.39, 0.29) is 12.8 Å². The lowest BCUT2D eigenvalue weighted by atomic mass is 10.0. The average molecular weight is 369 g/mol. The van der Waals surface area contributed by atoms with Crippen LogP contribution in [-0.4, -0.2) is 34.4 Å². The molecule has 0 saturated carbocycles. The highest BCUT2D eigenvalue weighted by Gasteiger charge is 2.42. The van der Waals surface area contributed by atoms with Gasteiger partial charge in [0.25, 0.3) is 11.8 Å². The maximum atomic E-state index is 12.2. The average Bonchev–Trinajstić information content (AvgIpc) is 2.90. The van der Waals surface area contributed by atoms with Gasteiger partial charge in [-0.1, -0.05) is 6.07 Å². The van der Waals surface area contributed by atoms with Crippen molar-refractivity contribution in [2.45, 2.75) is 37.4 Å². The van der Waals surface area contributed by atoms with Crippen LogP contribution in [-0.2, 0) is 19.2 Å². The molecule has 2 heterocycles. The zero-order valence-corrected chi connectivity index (χ0v) is 14.5. The van der Waals surface area contributed by atoms with Gasteiger partial charge in [-0.2, -0.15) is 0 Å². The summed E-state index contributed by atoms with van der Waals surface area (Å²) in [7, 11) is 0. The van der Waals surface area contributed by atoms with Gasteiger partial charge in [0, 0.05) is 0 Å². The molecule has 1 aromatic carbocycles. The largest absolute Gasteiger partial charge is 0.274 e. The Morgan fingerprint density at radius 3 is 1.83 bits per heavy atom. The third-order valence-corrected chi connectivity index (χ3v) is 4.93. The monoisotopic (exact) mass is 368 g/mol. The van der Waals surface area contributed by atoms with Crippen molar-refractivity contribution in [2.75, 3.05) is 9.80 Å². The molecule has 0 spiro atoms. The van der Waals surface area contributed by atoms with Crippen LogP contribution in [0.3, 0.4) is 0 Å². The molecule has 2 aliphatic heterocycles. The molecule has 2 fully saturated rings. The van der Waals surface area contributed by atoms with Gasteiger partial charge in [0.1, 0.15) is 10.8 Å². The molecule has 2 unspecified atom stereocenters. The number of carbonyl (C=O) groups excluding carboxylic acids is 4. The number of anilines is 2. The number of imide groups is 2. The van der Waals surface area contributed by atoms with E-state index in [2.05, 4.69) is 0 Å². The van der Waals surface area contributed by atoms with Crippen LogP contribution in [0.1, 0.15) is 24.0 Å².